The lowest BCUT2D eigenvalue weighted by Gasteiger charge is -2.37. The number of fused-ring (bicyclic) bond motifs is 8. The van der Waals surface area contributed by atoms with Gasteiger partial charge in [0.2, 0.25) is 82.7 Å². The summed E-state index contributed by atoms with van der Waals surface area (Å²) in [5.74, 6) is -13.4. The van der Waals surface area contributed by atoms with Gasteiger partial charge < -0.3 is 94.9 Å². The van der Waals surface area contributed by atoms with Crippen molar-refractivity contribution in [2.45, 2.75) is 269 Å². The number of nitrogens with two attached hydrogens (primary N) is 2. The number of nitrogens with zero attached hydrogens (tertiary/aromatic N) is 4. The molecule has 35 heteroatoms. The standard InChI is InChI=1S/C69H117N17O16S2/c1-13-37(4)50-61(97)79-45-36-103-104-69(11,12)53(63(99)82-52(39(6)15-3)66(102)85-31-20-24-46(85)59(95)72-28-18-16-17-27-49(89)74-40(7)54(90)80-50)83-62(98)51(38(5)14-2)81-60(96)47-25-21-30-84(47)65(101)48-26-22-32-86(48)64(100)42(33-68(8,9)10)76-57(93)44(35-88)77-55(91)41(23-19-29-73-67(70)71)75-56(92)43(34-87)78-58(45)94/h37-48,50-53,87-88H,13-36H2,1-12H3,(H,72,95)(H,74,89)(H,75,92)(H,76,93)(H,77,91)(H,78,94)(H,79,97)(H,80,90)(H,81,96)(H,82,99)(H,83,98)(H4,70,71,73)/t37-,38-,39-,40-,41-,42-,43-,44-,45-,46-,47-,48-,50-,51-,52-,53+/m0/s1. The van der Waals surface area contributed by atoms with Crippen molar-refractivity contribution >= 4 is 110 Å². The van der Waals surface area contributed by atoms with Gasteiger partial charge in [0.1, 0.15) is 78.5 Å². The van der Waals surface area contributed by atoms with Crippen molar-refractivity contribution in [2.24, 2.45) is 39.6 Å². The van der Waals surface area contributed by atoms with Gasteiger partial charge in [-0.2, -0.15) is 0 Å². The minimum absolute atomic E-state index is 0.000904. The average Bonchev–Trinajstić information content (AvgIpc) is 1.66. The Balaban J connectivity index is 1.71. The van der Waals surface area contributed by atoms with E-state index in [-0.39, 0.29) is 77.2 Å². The molecule has 14 amide bonds. The predicted octanol–water partition coefficient (Wildman–Crippen LogP) is -1.70. The van der Waals surface area contributed by atoms with E-state index in [2.05, 4.69) is 63.5 Å². The molecule has 586 valence electrons. The van der Waals surface area contributed by atoms with E-state index < -0.39 is 208 Å². The Morgan fingerprint density at radius 3 is 1.57 bits per heavy atom. The van der Waals surface area contributed by atoms with Gasteiger partial charge in [0.25, 0.3) is 0 Å². The number of rotatable bonds is 13. The quantitative estimate of drug-likeness (QED) is 0.0423. The van der Waals surface area contributed by atoms with Crippen LogP contribution in [-0.4, -0.2) is 249 Å². The molecular formula is C69H117N17O16S2. The molecule has 104 heavy (non-hydrogen) atoms. The van der Waals surface area contributed by atoms with E-state index in [4.69, 9.17) is 11.5 Å². The first-order valence-corrected chi connectivity index (χ1v) is 39.1. The molecule has 0 aliphatic carbocycles. The zero-order valence-corrected chi connectivity index (χ0v) is 64.2. The third-order valence-electron chi connectivity index (χ3n) is 20.0. The Morgan fingerprint density at radius 1 is 0.529 bits per heavy atom. The molecule has 0 aromatic carbocycles. The number of hydrogen-bond donors (Lipinski definition) is 15. The van der Waals surface area contributed by atoms with E-state index in [1.54, 1.807) is 48.5 Å². The molecule has 5 saturated heterocycles. The predicted molar refractivity (Wildman–Crippen MR) is 391 cm³/mol. The van der Waals surface area contributed by atoms with Crippen LogP contribution in [-0.2, 0) is 67.1 Å². The maximum atomic E-state index is 15.6. The van der Waals surface area contributed by atoms with Gasteiger partial charge in [0.05, 0.1) is 13.2 Å². The van der Waals surface area contributed by atoms with Gasteiger partial charge in [-0.3, -0.25) is 72.1 Å². The number of hydrogen-bond acceptors (Lipinski definition) is 19. The molecule has 5 heterocycles. The normalized spacial score (nSPS) is 29.9. The summed E-state index contributed by atoms with van der Waals surface area (Å²) in [6.07, 6.45) is 4.05. The minimum atomic E-state index is -1.89. The summed E-state index contributed by atoms with van der Waals surface area (Å²) in [6.45, 7) is 19.0. The lowest BCUT2D eigenvalue weighted by atomic mass is 9.87. The monoisotopic (exact) mass is 1500 g/mol. The Kier molecular flexibility index (Phi) is 34.2. The lowest BCUT2D eigenvalue weighted by molar-refractivity contribution is -0.148. The smallest absolute Gasteiger partial charge is 0.246 e. The summed E-state index contributed by atoms with van der Waals surface area (Å²) in [5, 5.41) is 51.5. The number of nitrogens with one attached hydrogen (secondary N) is 11. The Morgan fingerprint density at radius 2 is 1.01 bits per heavy atom. The number of guanidine groups is 1. The van der Waals surface area contributed by atoms with Crippen molar-refractivity contribution in [3.8, 4) is 0 Å². The van der Waals surface area contributed by atoms with Crippen molar-refractivity contribution in [1.82, 2.24) is 73.2 Å². The fourth-order valence-corrected chi connectivity index (χ4v) is 16.0. The van der Waals surface area contributed by atoms with Crippen LogP contribution in [0.15, 0.2) is 4.99 Å². The molecule has 0 unspecified atom stereocenters. The van der Waals surface area contributed by atoms with Crippen LogP contribution in [0.5, 0.6) is 0 Å². The topological polar surface area (TPSA) is 486 Å². The highest BCUT2D eigenvalue weighted by Gasteiger charge is 2.48. The van der Waals surface area contributed by atoms with E-state index in [1.807, 2.05) is 27.7 Å². The zero-order valence-electron chi connectivity index (χ0n) is 62.6. The van der Waals surface area contributed by atoms with E-state index >= 15 is 14.4 Å². The molecule has 33 nitrogen and oxygen atoms in total. The molecule has 5 aliphatic heterocycles. The van der Waals surface area contributed by atoms with Crippen LogP contribution in [0.4, 0.5) is 0 Å². The molecule has 5 fully saturated rings. The van der Waals surface area contributed by atoms with Crippen LogP contribution in [0, 0.1) is 23.2 Å². The maximum absolute atomic E-state index is 15.6. The van der Waals surface area contributed by atoms with Crippen molar-refractivity contribution in [2.75, 3.05) is 51.7 Å². The summed E-state index contributed by atoms with van der Waals surface area (Å²) < 4.78 is -1.50. The number of aliphatic hydroxyl groups excluding tert-OH is 2. The number of amides is 14. The second-order valence-corrected chi connectivity index (χ2v) is 32.9. The molecule has 16 atom stereocenters. The molecule has 0 saturated carbocycles. The second-order valence-electron chi connectivity index (χ2n) is 29.9. The minimum Gasteiger partial charge on any atom is -0.394 e. The lowest BCUT2D eigenvalue weighted by Crippen LogP contribution is -2.64. The molecular weight excluding hydrogens is 1390 g/mol. The Labute approximate surface area is 618 Å². The number of aliphatic imine (C=N–C) groups is 1. The molecule has 17 N–H and O–H groups in total. The summed E-state index contributed by atoms with van der Waals surface area (Å²) in [6, 6.07) is -18.2. The summed E-state index contributed by atoms with van der Waals surface area (Å²) in [5.41, 5.74) is 10.5. The molecule has 5 aliphatic rings. The van der Waals surface area contributed by atoms with Gasteiger partial charge >= 0.3 is 0 Å². The van der Waals surface area contributed by atoms with E-state index in [1.165, 1.54) is 21.6 Å². The first kappa shape index (κ1) is 87.1. The first-order valence-electron chi connectivity index (χ1n) is 36.8. The third kappa shape index (κ3) is 24.8. The van der Waals surface area contributed by atoms with Crippen LogP contribution in [0.1, 0.15) is 186 Å². The van der Waals surface area contributed by atoms with Gasteiger partial charge in [-0.15, -0.1) is 0 Å². The number of aliphatic hydroxyl groups is 2. The summed E-state index contributed by atoms with van der Waals surface area (Å²) in [4.78, 5) is 213. The van der Waals surface area contributed by atoms with Crippen molar-refractivity contribution < 1.29 is 77.3 Å². The molecule has 2 bridgehead atoms. The second kappa shape index (κ2) is 40.8. The van der Waals surface area contributed by atoms with Crippen molar-refractivity contribution in [1.29, 1.82) is 0 Å². The molecule has 0 spiro atoms. The van der Waals surface area contributed by atoms with Crippen molar-refractivity contribution in [3.05, 3.63) is 0 Å². The number of carbonyl (C=O) groups excluding carboxylic acids is 14. The van der Waals surface area contributed by atoms with Gasteiger partial charge in [-0.1, -0.05) is 110 Å². The zero-order chi connectivity index (χ0) is 77.5. The van der Waals surface area contributed by atoms with Crippen LogP contribution in [0.2, 0.25) is 0 Å². The van der Waals surface area contributed by atoms with E-state index in [0.29, 0.717) is 64.2 Å². The van der Waals surface area contributed by atoms with Crippen LogP contribution < -0.4 is 70.0 Å². The van der Waals surface area contributed by atoms with Crippen LogP contribution >= 0.6 is 21.6 Å². The maximum Gasteiger partial charge on any atom is 0.246 e. The fourth-order valence-electron chi connectivity index (χ4n) is 13.2. The SMILES string of the molecule is CC[C@H](C)[C@@H]1NC(=O)[C@H](C)NC(=O)CCCCCNC(=O)[C@@H]2CCCN2C(=O)[C@H]([C@@H](C)CC)NC(=O)[C@H]2NC(=O)[C@H]([C@@H](C)CC)NC(=O)[C@@H]3CCCN3C(=O)[C@@H]3CCCN3C(=O)[C@H](CC(C)(C)C)NC(=O)[C@H](CO)NC(=O)[C@H](CCCN=C(N)N)NC(=O)[C@H](CO)NC(=O)[C@H](CSSC2(C)C)NC1=O. The van der Waals surface area contributed by atoms with Crippen LogP contribution in [0.3, 0.4) is 0 Å². The molecule has 0 radical (unpaired) electrons. The molecule has 5 rings (SSSR count). The van der Waals surface area contributed by atoms with Gasteiger partial charge in [-0.05, 0) is 115 Å². The third-order valence-corrected chi connectivity index (χ3v) is 23.3. The first-order chi connectivity index (χ1) is 49.0. The van der Waals surface area contributed by atoms with Gasteiger partial charge in [0, 0.05) is 49.6 Å². The van der Waals surface area contributed by atoms with Gasteiger partial charge in [-0.25, -0.2) is 0 Å². The largest absolute Gasteiger partial charge is 0.394 e. The molecule has 0 aromatic heterocycles. The molecule has 0 aromatic rings. The van der Waals surface area contributed by atoms with Crippen molar-refractivity contribution in [3.63, 3.8) is 0 Å². The summed E-state index contributed by atoms with van der Waals surface area (Å²) >= 11 is 0. The Bertz CT molecular complexity index is 3080. The fraction of sp³-hybridized carbons (Fsp3) is 0.783. The van der Waals surface area contributed by atoms with Crippen LogP contribution in [0.25, 0.3) is 0 Å². The highest BCUT2D eigenvalue weighted by atomic mass is 33.1. The Hall–Kier alpha value is -7.53. The van der Waals surface area contributed by atoms with E-state index in [0.717, 1.165) is 21.6 Å². The average molecular weight is 1500 g/mol. The van der Waals surface area contributed by atoms with Gasteiger partial charge in [0.15, 0.2) is 5.96 Å². The highest BCUT2D eigenvalue weighted by Crippen LogP contribution is 2.39. The summed E-state index contributed by atoms with van der Waals surface area (Å²) in [7, 11) is 1.87. The van der Waals surface area contributed by atoms with E-state index in [9.17, 15) is 63.0 Å². The highest BCUT2D eigenvalue weighted by molar-refractivity contribution is 8.77. The number of carbonyl (C=O) groups is 14.